The van der Waals surface area contributed by atoms with E-state index in [0.717, 1.165) is 42.3 Å². The molecule has 0 spiro atoms. The van der Waals surface area contributed by atoms with E-state index >= 15 is 0 Å². The molecule has 0 unspecified atom stereocenters. The lowest BCUT2D eigenvalue weighted by Crippen LogP contribution is -2.67. The van der Waals surface area contributed by atoms with Gasteiger partial charge < -0.3 is 15.2 Å². The lowest BCUT2D eigenvalue weighted by molar-refractivity contribution is -0.133. The molecule has 2 heterocycles. The minimum absolute atomic E-state index is 0.0272. The Kier molecular flexibility index (Phi) is 3.52. The van der Waals surface area contributed by atoms with E-state index in [1.165, 1.54) is 0 Å². The number of aliphatic carboxylic acids is 1. The van der Waals surface area contributed by atoms with Crippen molar-refractivity contribution in [1.29, 1.82) is 0 Å². The van der Waals surface area contributed by atoms with E-state index in [1.807, 2.05) is 24.3 Å². The van der Waals surface area contributed by atoms with Crippen molar-refractivity contribution in [1.82, 2.24) is 15.0 Å². The summed E-state index contributed by atoms with van der Waals surface area (Å²) in [6, 6.07) is 9.35. The SMILES string of the molecule is O=C(O)CSc1nc2nc(C34CC(c5ccccc5O)(C3)C4)c(Cl)cc2[nH]1. The molecule has 0 saturated heterocycles. The molecule has 138 valence electrons. The van der Waals surface area contributed by atoms with E-state index in [4.69, 9.17) is 21.7 Å². The molecular formula is C19H16ClN3O3S. The number of nitrogens with one attached hydrogen (secondary N) is 1. The molecule has 6 nitrogen and oxygen atoms in total. The van der Waals surface area contributed by atoms with Crippen molar-refractivity contribution >= 4 is 40.5 Å². The van der Waals surface area contributed by atoms with E-state index < -0.39 is 5.97 Å². The van der Waals surface area contributed by atoms with Crippen LogP contribution in [0.2, 0.25) is 5.02 Å². The maximum absolute atomic E-state index is 10.7. The summed E-state index contributed by atoms with van der Waals surface area (Å²) < 4.78 is 0. The number of H-pyrrole nitrogens is 1. The van der Waals surface area contributed by atoms with Gasteiger partial charge in [0, 0.05) is 16.4 Å². The van der Waals surface area contributed by atoms with Crippen molar-refractivity contribution in [3.8, 4) is 5.75 Å². The Labute approximate surface area is 164 Å². The number of carbonyl (C=O) groups is 1. The number of pyridine rings is 1. The van der Waals surface area contributed by atoms with Crippen LogP contribution < -0.4 is 0 Å². The van der Waals surface area contributed by atoms with E-state index in [2.05, 4.69) is 9.97 Å². The Morgan fingerprint density at radius 1 is 1.22 bits per heavy atom. The second-order valence-corrected chi connectivity index (χ2v) is 8.89. The van der Waals surface area contributed by atoms with E-state index in [0.29, 0.717) is 27.1 Å². The molecule has 8 heteroatoms. The second kappa shape index (κ2) is 5.62. The summed E-state index contributed by atoms with van der Waals surface area (Å²) in [5.41, 5.74) is 3.11. The van der Waals surface area contributed by atoms with Crippen LogP contribution in [0, 0.1) is 0 Å². The molecule has 0 radical (unpaired) electrons. The number of imidazole rings is 1. The summed E-state index contributed by atoms with van der Waals surface area (Å²) in [7, 11) is 0. The molecule has 0 aliphatic heterocycles. The van der Waals surface area contributed by atoms with Crippen LogP contribution in [0.25, 0.3) is 11.2 Å². The number of aromatic nitrogens is 3. The first-order valence-corrected chi connectivity index (χ1v) is 9.97. The third kappa shape index (κ3) is 2.45. The standard InChI is InChI=1S/C19H16ClN3O3S/c20-11-5-12-16(23-17(21-12)27-6-14(25)26)22-15(11)19-7-18(8-19,9-19)10-3-1-2-4-13(10)24/h1-5,24H,6-9H2,(H,25,26)(H,21,22,23). The van der Waals surface area contributed by atoms with Gasteiger partial charge in [-0.2, -0.15) is 0 Å². The predicted molar refractivity (Wildman–Crippen MR) is 103 cm³/mol. The summed E-state index contributed by atoms with van der Waals surface area (Å²) in [5.74, 6) is -0.601. The van der Waals surface area contributed by atoms with Crippen molar-refractivity contribution in [2.24, 2.45) is 0 Å². The lowest BCUT2D eigenvalue weighted by Gasteiger charge is -2.70. The number of carboxylic acid groups (broad SMARTS) is 1. The third-order valence-electron chi connectivity index (χ3n) is 5.75. The lowest BCUT2D eigenvalue weighted by atomic mass is 9.32. The average molecular weight is 402 g/mol. The fourth-order valence-corrected chi connectivity index (χ4v) is 5.66. The summed E-state index contributed by atoms with van der Waals surface area (Å²) in [5, 5.41) is 20.1. The highest BCUT2D eigenvalue weighted by Crippen LogP contribution is 2.75. The molecule has 2 bridgehead atoms. The van der Waals surface area contributed by atoms with Crippen LogP contribution in [0.3, 0.4) is 0 Å². The van der Waals surface area contributed by atoms with Gasteiger partial charge in [-0.25, -0.2) is 9.97 Å². The van der Waals surface area contributed by atoms with Crippen LogP contribution in [0.1, 0.15) is 30.5 Å². The number of rotatable bonds is 5. The number of aromatic hydroxyl groups is 1. The summed E-state index contributed by atoms with van der Waals surface area (Å²) >= 11 is 7.65. The van der Waals surface area contributed by atoms with Crippen LogP contribution in [0.5, 0.6) is 5.75 Å². The number of phenols is 1. The fraction of sp³-hybridized carbons (Fsp3) is 0.316. The van der Waals surface area contributed by atoms with Crippen LogP contribution in [-0.4, -0.2) is 36.9 Å². The number of hydrogen-bond acceptors (Lipinski definition) is 5. The van der Waals surface area contributed by atoms with Gasteiger partial charge in [0.25, 0.3) is 0 Å². The summed E-state index contributed by atoms with van der Waals surface area (Å²) in [4.78, 5) is 22.9. The summed E-state index contributed by atoms with van der Waals surface area (Å²) in [6.45, 7) is 0. The molecule has 3 fully saturated rings. The van der Waals surface area contributed by atoms with Crippen LogP contribution in [0.4, 0.5) is 0 Å². The molecule has 27 heavy (non-hydrogen) atoms. The molecule has 2 aromatic heterocycles. The van der Waals surface area contributed by atoms with Gasteiger partial charge in [0.2, 0.25) is 0 Å². The smallest absolute Gasteiger partial charge is 0.313 e. The summed E-state index contributed by atoms with van der Waals surface area (Å²) in [6.07, 6.45) is 2.75. The van der Waals surface area contributed by atoms with Gasteiger partial charge in [-0.15, -0.1) is 0 Å². The van der Waals surface area contributed by atoms with Gasteiger partial charge >= 0.3 is 5.97 Å². The minimum atomic E-state index is -0.893. The molecule has 3 aliphatic rings. The third-order valence-corrected chi connectivity index (χ3v) is 6.89. The minimum Gasteiger partial charge on any atom is -0.508 e. The van der Waals surface area contributed by atoms with Gasteiger partial charge in [-0.05, 0) is 31.4 Å². The van der Waals surface area contributed by atoms with Gasteiger partial charge in [0.05, 0.1) is 22.0 Å². The number of aromatic amines is 1. The van der Waals surface area contributed by atoms with Crippen LogP contribution >= 0.6 is 23.4 Å². The molecule has 3 aromatic rings. The maximum atomic E-state index is 10.7. The Morgan fingerprint density at radius 2 is 1.96 bits per heavy atom. The fourth-order valence-electron chi connectivity index (χ4n) is 4.71. The largest absolute Gasteiger partial charge is 0.508 e. The number of halogens is 1. The normalized spacial score (nSPS) is 25.8. The van der Waals surface area contributed by atoms with E-state index in [9.17, 15) is 9.90 Å². The molecule has 0 amide bonds. The first kappa shape index (κ1) is 16.9. The van der Waals surface area contributed by atoms with E-state index in [-0.39, 0.29) is 16.6 Å². The highest BCUT2D eigenvalue weighted by Gasteiger charge is 2.70. The molecule has 3 N–H and O–H groups in total. The van der Waals surface area contributed by atoms with Crippen molar-refractivity contribution in [3.63, 3.8) is 0 Å². The number of carboxylic acids is 1. The zero-order chi connectivity index (χ0) is 18.8. The Hall–Kier alpha value is -2.25. The highest BCUT2D eigenvalue weighted by molar-refractivity contribution is 7.99. The quantitative estimate of drug-likeness (QED) is 0.561. The van der Waals surface area contributed by atoms with Crippen molar-refractivity contribution < 1.29 is 15.0 Å². The Balaban J connectivity index is 1.43. The first-order valence-electron chi connectivity index (χ1n) is 8.61. The molecule has 1 aromatic carbocycles. The van der Waals surface area contributed by atoms with Gasteiger partial charge in [0.1, 0.15) is 5.75 Å². The molecule has 3 aliphatic carbocycles. The second-order valence-electron chi connectivity index (χ2n) is 7.52. The zero-order valence-electron chi connectivity index (χ0n) is 14.2. The van der Waals surface area contributed by atoms with E-state index in [1.54, 1.807) is 6.07 Å². The van der Waals surface area contributed by atoms with Crippen LogP contribution in [0.15, 0.2) is 35.5 Å². The van der Waals surface area contributed by atoms with Crippen molar-refractivity contribution in [3.05, 3.63) is 46.6 Å². The number of thioether (sulfide) groups is 1. The van der Waals surface area contributed by atoms with Gasteiger partial charge in [-0.1, -0.05) is 41.6 Å². The Bertz CT molecular complexity index is 1080. The molecule has 6 rings (SSSR count). The molecular weight excluding hydrogens is 386 g/mol. The van der Waals surface area contributed by atoms with Crippen molar-refractivity contribution in [2.45, 2.75) is 35.2 Å². The number of fused-ring (bicyclic) bond motifs is 1. The molecule has 3 saturated carbocycles. The highest BCUT2D eigenvalue weighted by atomic mass is 35.5. The number of para-hydroxylation sites is 1. The van der Waals surface area contributed by atoms with Gasteiger partial charge in [-0.3, -0.25) is 4.79 Å². The number of benzene rings is 1. The number of nitrogens with zero attached hydrogens (tertiary/aromatic N) is 2. The maximum Gasteiger partial charge on any atom is 0.313 e. The Morgan fingerprint density at radius 3 is 2.67 bits per heavy atom. The molecule has 0 atom stereocenters. The first-order chi connectivity index (χ1) is 12.9. The zero-order valence-corrected chi connectivity index (χ0v) is 15.8. The topological polar surface area (TPSA) is 99.1 Å². The monoisotopic (exact) mass is 401 g/mol. The number of hydrogen-bond donors (Lipinski definition) is 3. The van der Waals surface area contributed by atoms with Crippen LogP contribution in [-0.2, 0) is 15.6 Å². The predicted octanol–water partition coefficient (Wildman–Crippen LogP) is 3.87. The van der Waals surface area contributed by atoms with Crippen molar-refractivity contribution in [2.75, 3.05) is 5.75 Å². The van der Waals surface area contributed by atoms with Gasteiger partial charge in [0.15, 0.2) is 10.8 Å². The number of phenolic OH excluding ortho intramolecular Hbond substituents is 1. The average Bonchev–Trinajstić information content (AvgIpc) is 2.94.